The van der Waals surface area contributed by atoms with E-state index in [0.717, 1.165) is 43.0 Å². The Morgan fingerprint density at radius 3 is 2.95 bits per heavy atom. The summed E-state index contributed by atoms with van der Waals surface area (Å²) in [6.07, 6.45) is 1.75. The molecule has 5 heteroatoms. The Morgan fingerprint density at radius 2 is 2.15 bits per heavy atom. The van der Waals surface area contributed by atoms with Crippen LogP contribution in [0.4, 0.5) is 0 Å². The molecule has 0 radical (unpaired) electrons. The van der Waals surface area contributed by atoms with E-state index in [0.29, 0.717) is 19.8 Å². The lowest BCUT2D eigenvalue weighted by atomic mass is 10.1. The minimum atomic E-state index is 0.135. The zero-order valence-corrected chi connectivity index (χ0v) is 11.5. The zero-order valence-electron chi connectivity index (χ0n) is 11.5. The predicted octanol–water partition coefficient (Wildman–Crippen LogP) is 0.726. The molecular weight excluding hydrogens is 256 g/mol. The van der Waals surface area contributed by atoms with Crippen LogP contribution in [0.1, 0.15) is 12.0 Å². The van der Waals surface area contributed by atoms with Crippen molar-refractivity contribution in [2.24, 2.45) is 5.92 Å². The monoisotopic (exact) mass is 276 g/mol. The molecule has 2 N–H and O–H groups in total. The van der Waals surface area contributed by atoms with Crippen LogP contribution in [0.3, 0.4) is 0 Å². The third-order valence-electron chi connectivity index (χ3n) is 3.75. The van der Waals surface area contributed by atoms with Gasteiger partial charge in [-0.05, 0) is 37.1 Å². The summed E-state index contributed by atoms with van der Waals surface area (Å²) in [4.78, 5) is 11.9. The molecule has 1 amide bonds. The topological polar surface area (TPSA) is 59.6 Å². The highest BCUT2D eigenvalue weighted by Gasteiger charge is 2.21. The Hall–Kier alpha value is -1.75. The molecule has 2 heterocycles. The van der Waals surface area contributed by atoms with Gasteiger partial charge in [0.1, 0.15) is 13.2 Å². The van der Waals surface area contributed by atoms with Gasteiger partial charge in [0.15, 0.2) is 11.5 Å². The maximum absolute atomic E-state index is 11.9. The highest BCUT2D eigenvalue weighted by atomic mass is 16.6. The fourth-order valence-corrected chi connectivity index (χ4v) is 2.60. The van der Waals surface area contributed by atoms with Crippen LogP contribution < -0.4 is 20.1 Å². The number of carbonyl (C=O) groups is 1. The molecule has 1 fully saturated rings. The lowest BCUT2D eigenvalue weighted by molar-refractivity contribution is -0.124. The Kier molecular flexibility index (Phi) is 4.06. The maximum Gasteiger partial charge on any atom is 0.224 e. The molecule has 108 valence electrons. The molecule has 0 aliphatic carbocycles. The van der Waals surface area contributed by atoms with E-state index >= 15 is 0 Å². The van der Waals surface area contributed by atoms with Crippen LogP contribution in [0.15, 0.2) is 18.2 Å². The summed E-state index contributed by atoms with van der Waals surface area (Å²) < 4.78 is 11.0. The van der Waals surface area contributed by atoms with Crippen molar-refractivity contribution in [1.82, 2.24) is 10.6 Å². The number of rotatable bonds is 4. The second-order valence-corrected chi connectivity index (χ2v) is 5.21. The van der Waals surface area contributed by atoms with Crippen molar-refractivity contribution in [1.29, 1.82) is 0 Å². The van der Waals surface area contributed by atoms with Gasteiger partial charge in [-0.15, -0.1) is 0 Å². The van der Waals surface area contributed by atoms with Crippen LogP contribution in [0.2, 0.25) is 0 Å². The number of fused-ring (bicyclic) bond motifs is 1. The fourth-order valence-electron chi connectivity index (χ4n) is 2.60. The number of hydrogen-bond donors (Lipinski definition) is 2. The van der Waals surface area contributed by atoms with Crippen molar-refractivity contribution in [3.63, 3.8) is 0 Å². The molecule has 0 aromatic heterocycles. The number of ether oxygens (including phenoxy) is 2. The average molecular weight is 276 g/mol. The lowest BCUT2D eigenvalue weighted by Gasteiger charge is -2.19. The lowest BCUT2D eigenvalue weighted by Crippen LogP contribution is -2.33. The molecule has 0 spiro atoms. The normalized spacial score (nSPS) is 20.7. The molecule has 5 nitrogen and oxygen atoms in total. The molecule has 1 unspecified atom stereocenters. The van der Waals surface area contributed by atoms with Crippen molar-refractivity contribution in [2.45, 2.75) is 12.8 Å². The molecule has 1 saturated heterocycles. The number of nitrogens with one attached hydrogen (secondary N) is 2. The second kappa shape index (κ2) is 6.13. The number of benzene rings is 1. The van der Waals surface area contributed by atoms with Gasteiger partial charge in [-0.3, -0.25) is 4.79 Å². The van der Waals surface area contributed by atoms with Crippen LogP contribution in [0.5, 0.6) is 11.5 Å². The van der Waals surface area contributed by atoms with Crippen LogP contribution in [0, 0.1) is 5.92 Å². The number of amides is 1. The minimum absolute atomic E-state index is 0.135. The van der Waals surface area contributed by atoms with E-state index < -0.39 is 0 Å². The smallest absolute Gasteiger partial charge is 0.224 e. The van der Waals surface area contributed by atoms with Crippen molar-refractivity contribution in [3.05, 3.63) is 23.8 Å². The number of hydrogen-bond acceptors (Lipinski definition) is 4. The summed E-state index contributed by atoms with van der Waals surface area (Å²) in [7, 11) is 0. The third kappa shape index (κ3) is 3.04. The molecule has 0 saturated carbocycles. The maximum atomic E-state index is 11.9. The van der Waals surface area contributed by atoms with E-state index in [2.05, 4.69) is 10.6 Å². The largest absolute Gasteiger partial charge is 0.486 e. The average Bonchev–Trinajstić information content (AvgIpc) is 3.01. The van der Waals surface area contributed by atoms with E-state index in [9.17, 15) is 4.79 Å². The Morgan fingerprint density at radius 1 is 1.30 bits per heavy atom. The van der Waals surface area contributed by atoms with E-state index in [1.54, 1.807) is 0 Å². The van der Waals surface area contributed by atoms with Crippen LogP contribution >= 0.6 is 0 Å². The van der Waals surface area contributed by atoms with E-state index in [4.69, 9.17) is 9.47 Å². The first-order valence-electron chi connectivity index (χ1n) is 7.20. The van der Waals surface area contributed by atoms with Crippen molar-refractivity contribution < 1.29 is 14.3 Å². The number of carbonyl (C=O) groups excluding carboxylic acids is 1. The standard InChI is InChI=1S/C15H20N2O3/c18-15(12-4-5-16-10-12)17-6-3-11-1-2-13-14(9-11)20-8-7-19-13/h1-2,9,12,16H,3-8,10H2,(H,17,18). The molecule has 20 heavy (non-hydrogen) atoms. The van der Waals surface area contributed by atoms with E-state index in [1.165, 1.54) is 0 Å². The molecule has 0 bridgehead atoms. The molecule has 1 aromatic carbocycles. The van der Waals surface area contributed by atoms with Gasteiger partial charge in [-0.2, -0.15) is 0 Å². The molecule has 3 rings (SSSR count). The van der Waals surface area contributed by atoms with Crippen LogP contribution in [-0.2, 0) is 11.2 Å². The van der Waals surface area contributed by atoms with Gasteiger partial charge in [0, 0.05) is 13.1 Å². The van der Waals surface area contributed by atoms with Crippen molar-refractivity contribution >= 4 is 5.91 Å². The SMILES string of the molecule is O=C(NCCc1ccc2c(c1)OCCO2)C1CCNC1. The summed E-state index contributed by atoms with van der Waals surface area (Å²) in [6.45, 7) is 3.62. The Balaban J connectivity index is 1.49. The first kappa shape index (κ1) is 13.2. The Labute approximate surface area is 118 Å². The van der Waals surface area contributed by atoms with Gasteiger partial charge in [0.05, 0.1) is 5.92 Å². The van der Waals surface area contributed by atoms with Gasteiger partial charge >= 0.3 is 0 Å². The van der Waals surface area contributed by atoms with Gasteiger partial charge in [-0.25, -0.2) is 0 Å². The summed E-state index contributed by atoms with van der Waals surface area (Å²) in [5, 5.41) is 6.21. The molecular formula is C15H20N2O3. The highest BCUT2D eigenvalue weighted by Crippen LogP contribution is 2.30. The van der Waals surface area contributed by atoms with Gasteiger partial charge < -0.3 is 20.1 Å². The molecule has 2 aliphatic heterocycles. The zero-order chi connectivity index (χ0) is 13.8. The van der Waals surface area contributed by atoms with Crippen molar-refractivity contribution in [2.75, 3.05) is 32.8 Å². The minimum Gasteiger partial charge on any atom is -0.486 e. The van der Waals surface area contributed by atoms with Crippen molar-refractivity contribution in [3.8, 4) is 11.5 Å². The van der Waals surface area contributed by atoms with Gasteiger partial charge in [0.2, 0.25) is 5.91 Å². The fraction of sp³-hybridized carbons (Fsp3) is 0.533. The summed E-state index contributed by atoms with van der Waals surface area (Å²) in [6, 6.07) is 5.96. The van der Waals surface area contributed by atoms with Gasteiger partial charge in [-0.1, -0.05) is 6.07 Å². The molecule has 2 aliphatic rings. The Bertz CT molecular complexity index is 484. The third-order valence-corrected chi connectivity index (χ3v) is 3.75. The summed E-state index contributed by atoms with van der Waals surface area (Å²) in [5.74, 6) is 1.91. The van der Waals surface area contributed by atoms with Gasteiger partial charge in [0.25, 0.3) is 0 Å². The quantitative estimate of drug-likeness (QED) is 0.851. The first-order chi connectivity index (χ1) is 9.83. The van der Waals surface area contributed by atoms with E-state index in [1.807, 2.05) is 18.2 Å². The van der Waals surface area contributed by atoms with E-state index in [-0.39, 0.29) is 11.8 Å². The molecule has 1 aromatic rings. The van der Waals surface area contributed by atoms with Crippen LogP contribution in [-0.4, -0.2) is 38.8 Å². The summed E-state index contributed by atoms with van der Waals surface area (Å²) in [5.41, 5.74) is 1.15. The first-order valence-corrected chi connectivity index (χ1v) is 7.20. The second-order valence-electron chi connectivity index (χ2n) is 5.21. The van der Waals surface area contributed by atoms with Crippen LogP contribution in [0.25, 0.3) is 0 Å². The molecule has 1 atom stereocenters. The highest BCUT2D eigenvalue weighted by molar-refractivity contribution is 5.79. The summed E-state index contributed by atoms with van der Waals surface area (Å²) >= 11 is 0. The predicted molar refractivity (Wildman–Crippen MR) is 75.1 cm³/mol.